The fourth-order valence-corrected chi connectivity index (χ4v) is 4.67. The second-order valence-corrected chi connectivity index (χ2v) is 8.33. The topological polar surface area (TPSA) is 46.6 Å². The Kier molecular flexibility index (Phi) is 4.36. The number of sulfonamides is 1. The number of hydrogen-bond acceptors (Lipinski definition) is 3. The number of hydrogen-bond donors (Lipinski definition) is 0. The third kappa shape index (κ3) is 3.28. The van der Waals surface area contributed by atoms with Crippen molar-refractivity contribution in [3.05, 3.63) is 89.7 Å². The third-order valence-electron chi connectivity index (χ3n) is 4.58. The summed E-state index contributed by atoms with van der Waals surface area (Å²) < 4.78 is 46.8. The summed E-state index contributed by atoms with van der Waals surface area (Å²) in [7, 11) is -3.71. The van der Waals surface area contributed by atoms with Crippen LogP contribution in [0.4, 0.5) is 10.1 Å². The Morgan fingerprint density at radius 3 is 2.33 bits per heavy atom. The van der Waals surface area contributed by atoms with Crippen molar-refractivity contribution >= 4 is 15.7 Å². The first-order valence-corrected chi connectivity index (χ1v) is 10.00. The van der Waals surface area contributed by atoms with Gasteiger partial charge in [0.05, 0.1) is 17.1 Å². The van der Waals surface area contributed by atoms with E-state index in [1.54, 1.807) is 36.4 Å². The molecule has 0 saturated carbocycles. The molecule has 0 aliphatic carbocycles. The van der Waals surface area contributed by atoms with E-state index in [4.69, 9.17) is 4.74 Å². The molecule has 0 radical (unpaired) electrons. The largest absolute Gasteiger partial charge is 0.484 e. The number of aryl methyl sites for hydroxylation is 1. The summed E-state index contributed by atoms with van der Waals surface area (Å²) in [6.07, 6.45) is -0.466. The molecular formula is C21H18FNO3S. The zero-order chi connectivity index (χ0) is 19.0. The molecule has 1 atom stereocenters. The molecule has 138 valence electrons. The molecule has 4 nitrogen and oxygen atoms in total. The quantitative estimate of drug-likeness (QED) is 0.668. The van der Waals surface area contributed by atoms with Gasteiger partial charge in [0.15, 0.2) is 0 Å². The van der Waals surface area contributed by atoms with E-state index >= 15 is 0 Å². The van der Waals surface area contributed by atoms with Gasteiger partial charge in [-0.2, -0.15) is 0 Å². The maximum atomic E-state index is 13.2. The lowest BCUT2D eigenvalue weighted by molar-refractivity contribution is 0.224. The number of anilines is 1. The molecule has 27 heavy (non-hydrogen) atoms. The van der Waals surface area contributed by atoms with E-state index in [2.05, 4.69) is 0 Å². The molecule has 0 saturated heterocycles. The van der Waals surface area contributed by atoms with Crippen molar-refractivity contribution in [2.45, 2.75) is 17.9 Å². The normalized spacial score (nSPS) is 16.2. The summed E-state index contributed by atoms with van der Waals surface area (Å²) in [4.78, 5) is 0.241. The molecule has 4 rings (SSSR count). The van der Waals surface area contributed by atoms with Crippen LogP contribution < -0.4 is 9.04 Å². The summed E-state index contributed by atoms with van der Waals surface area (Å²) in [5.74, 6) is 0.142. The van der Waals surface area contributed by atoms with Gasteiger partial charge in [0.2, 0.25) is 0 Å². The van der Waals surface area contributed by atoms with Gasteiger partial charge in [-0.05, 0) is 49.4 Å². The number of nitrogens with zero attached hydrogens (tertiary/aromatic N) is 1. The van der Waals surface area contributed by atoms with E-state index in [1.165, 1.54) is 28.6 Å². The van der Waals surface area contributed by atoms with E-state index in [0.717, 1.165) is 11.1 Å². The Balaban J connectivity index is 1.69. The highest BCUT2D eigenvalue weighted by Crippen LogP contribution is 2.40. The van der Waals surface area contributed by atoms with Gasteiger partial charge < -0.3 is 4.74 Å². The molecule has 0 N–H and O–H groups in total. The first kappa shape index (κ1) is 17.5. The second kappa shape index (κ2) is 6.70. The molecule has 1 aliphatic heterocycles. The molecule has 1 aliphatic rings. The Labute approximate surface area is 157 Å². The molecule has 0 fully saturated rings. The average molecular weight is 383 g/mol. The minimum absolute atomic E-state index is 0.160. The van der Waals surface area contributed by atoms with E-state index in [0.29, 0.717) is 11.4 Å². The number of rotatable bonds is 4. The van der Waals surface area contributed by atoms with Gasteiger partial charge >= 0.3 is 0 Å². The van der Waals surface area contributed by atoms with Crippen LogP contribution in [0.2, 0.25) is 0 Å². The SMILES string of the molecule is Cc1ccc(S(=O)(=O)N2CC(Oc3ccc(F)cc3)c3ccccc32)cc1. The Morgan fingerprint density at radius 2 is 1.63 bits per heavy atom. The monoisotopic (exact) mass is 383 g/mol. The van der Waals surface area contributed by atoms with Crippen molar-refractivity contribution in [3.8, 4) is 5.75 Å². The van der Waals surface area contributed by atoms with Gasteiger partial charge in [-0.15, -0.1) is 0 Å². The van der Waals surface area contributed by atoms with Crippen LogP contribution in [0.25, 0.3) is 0 Å². The van der Waals surface area contributed by atoms with Crippen molar-refractivity contribution < 1.29 is 17.5 Å². The molecule has 1 heterocycles. The molecule has 0 amide bonds. The molecule has 1 unspecified atom stereocenters. The third-order valence-corrected chi connectivity index (χ3v) is 6.38. The van der Waals surface area contributed by atoms with Crippen LogP contribution in [0.15, 0.2) is 77.7 Å². The smallest absolute Gasteiger partial charge is 0.264 e. The first-order valence-electron chi connectivity index (χ1n) is 8.56. The highest BCUT2D eigenvalue weighted by molar-refractivity contribution is 7.92. The zero-order valence-corrected chi connectivity index (χ0v) is 15.5. The Morgan fingerprint density at radius 1 is 0.963 bits per heavy atom. The minimum atomic E-state index is -3.71. The van der Waals surface area contributed by atoms with Gasteiger partial charge in [-0.3, -0.25) is 4.31 Å². The zero-order valence-electron chi connectivity index (χ0n) is 14.7. The van der Waals surface area contributed by atoms with Crippen LogP contribution in [0.1, 0.15) is 17.2 Å². The van der Waals surface area contributed by atoms with Crippen molar-refractivity contribution in [1.29, 1.82) is 0 Å². The lowest BCUT2D eigenvalue weighted by Crippen LogP contribution is -2.30. The summed E-state index contributed by atoms with van der Waals surface area (Å²) in [5.41, 5.74) is 2.39. The maximum Gasteiger partial charge on any atom is 0.264 e. The molecule has 3 aromatic rings. The second-order valence-electron chi connectivity index (χ2n) is 6.47. The predicted molar refractivity (Wildman–Crippen MR) is 102 cm³/mol. The molecular weight excluding hydrogens is 365 g/mol. The van der Waals surface area contributed by atoms with Crippen LogP contribution in [0.3, 0.4) is 0 Å². The van der Waals surface area contributed by atoms with E-state index < -0.39 is 16.1 Å². The van der Waals surface area contributed by atoms with Crippen LogP contribution in [0, 0.1) is 12.7 Å². The van der Waals surface area contributed by atoms with Gasteiger partial charge in [0.25, 0.3) is 10.0 Å². The summed E-state index contributed by atoms with van der Waals surface area (Å²) in [5, 5.41) is 0. The van der Waals surface area contributed by atoms with Crippen molar-refractivity contribution in [2.75, 3.05) is 10.8 Å². The van der Waals surface area contributed by atoms with Crippen LogP contribution in [0.5, 0.6) is 5.75 Å². The van der Waals surface area contributed by atoms with Gasteiger partial charge in [0, 0.05) is 5.56 Å². The molecule has 6 heteroatoms. The summed E-state index contributed by atoms with van der Waals surface area (Å²) in [6, 6.07) is 19.8. The fraction of sp³-hybridized carbons (Fsp3) is 0.143. The van der Waals surface area contributed by atoms with Crippen molar-refractivity contribution in [3.63, 3.8) is 0 Å². The van der Waals surface area contributed by atoms with Crippen LogP contribution in [-0.4, -0.2) is 15.0 Å². The van der Waals surface area contributed by atoms with Gasteiger partial charge in [0.1, 0.15) is 17.7 Å². The van der Waals surface area contributed by atoms with Crippen molar-refractivity contribution in [1.82, 2.24) is 0 Å². The van der Waals surface area contributed by atoms with E-state index in [-0.39, 0.29) is 17.3 Å². The number of benzene rings is 3. The van der Waals surface area contributed by atoms with E-state index in [9.17, 15) is 12.8 Å². The van der Waals surface area contributed by atoms with Crippen molar-refractivity contribution in [2.24, 2.45) is 0 Å². The standard InChI is InChI=1S/C21H18FNO3S/c1-15-6-12-18(13-7-15)27(24,25)23-14-21(19-4-2-3-5-20(19)23)26-17-10-8-16(22)9-11-17/h2-13,21H,14H2,1H3. The highest BCUT2D eigenvalue weighted by Gasteiger charge is 2.37. The fourth-order valence-electron chi connectivity index (χ4n) is 3.18. The maximum absolute atomic E-state index is 13.2. The Bertz CT molecular complexity index is 1060. The van der Waals surface area contributed by atoms with Crippen LogP contribution in [-0.2, 0) is 10.0 Å². The molecule has 0 spiro atoms. The average Bonchev–Trinajstić information content (AvgIpc) is 3.03. The van der Waals surface area contributed by atoms with Gasteiger partial charge in [-0.25, -0.2) is 12.8 Å². The predicted octanol–water partition coefficient (Wildman–Crippen LogP) is 4.46. The number of ether oxygens (including phenoxy) is 1. The summed E-state index contributed by atoms with van der Waals surface area (Å²) >= 11 is 0. The summed E-state index contributed by atoms with van der Waals surface area (Å²) in [6.45, 7) is 2.07. The van der Waals surface area contributed by atoms with E-state index in [1.807, 2.05) is 19.1 Å². The van der Waals surface area contributed by atoms with Crippen LogP contribution >= 0.6 is 0 Å². The lowest BCUT2D eigenvalue weighted by Gasteiger charge is -2.20. The first-order chi connectivity index (χ1) is 12.9. The molecule has 0 bridgehead atoms. The Hall–Kier alpha value is -2.86. The van der Waals surface area contributed by atoms with Gasteiger partial charge in [-0.1, -0.05) is 35.9 Å². The number of para-hydroxylation sites is 1. The minimum Gasteiger partial charge on any atom is -0.484 e. The highest BCUT2D eigenvalue weighted by atomic mass is 32.2. The number of halogens is 1. The molecule has 0 aromatic heterocycles. The molecule has 3 aromatic carbocycles. The lowest BCUT2D eigenvalue weighted by atomic mass is 10.1. The number of fused-ring (bicyclic) bond motifs is 1.